The summed E-state index contributed by atoms with van der Waals surface area (Å²) in [6.07, 6.45) is 0. The number of para-hydroxylation sites is 1. The number of carbonyl (C=O) groups excluding carboxylic acids is 2. The highest BCUT2D eigenvalue weighted by Crippen LogP contribution is 2.23. The van der Waals surface area contributed by atoms with E-state index in [4.69, 9.17) is 0 Å². The van der Waals surface area contributed by atoms with Gasteiger partial charge in [0, 0.05) is 39.6 Å². The van der Waals surface area contributed by atoms with Crippen LogP contribution < -0.4 is 4.90 Å². The minimum absolute atomic E-state index is 0.322. The van der Waals surface area contributed by atoms with E-state index in [1.54, 1.807) is 4.90 Å². The summed E-state index contributed by atoms with van der Waals surface area (Å²) in [6.45, 7) is 4.05. The van der Waals surface area contributed by atoms with Gasteiger partial charge in [-0.3, -0.25) is 19.4 Å². The van der Waals surface area contributed by atoms with E-state index in [1.165, 1.54) is 18.6 Å². The Morgan fingerprint density at radius 3 is 2.11 bits per heavy atom. The summed E-state index contributed by atoms with van der Waals surface area (Å²) in [7, 11) is 0. The predicted octanol–water partition coefficient (Wildman–Crippen LogP) is 2.66. The van der Waals surface area contributed by atoms with Gasteiger partial charge in [-0.15, -0.1) is 0 Å². The van der Waals surface area contributed by atoms with Crippen LogP contribution in [0.5, 0.6) is 0 Å². The summed E-state index contributed by atoms with van der Waals surface area (Å²) in [5.74, 6) is -2.64. The molecule has 2 aromatic carbocycles. The van der Waals surface area contributed by atoms with Crippen LogP contribution in [0.2, 0.25) is 0 Å². The zero-order valence-corrected chi connectivity index (χ0v) is 15.8. The highest BCUT2D eigenvalue weighted by atomic mass is 19.1. The first-order valence-electron chi connectivity index (χ1n) is 9.22. The second-order valence-corrected chi connectivity index (χ2v) is 6.82. The van der Waals surface area contributed by atoms with E-state index < -0.39 is 23.2 Å². The first kappa shape index (κ1) is 19.9. The van der Waals surface area contributed by atoms with Crippen LogP contribution in [0, 0.1) is 11.6 Å². The van der Waals surface area contributed by atoms with Crippen LogP contribution in [0.3, 0.4) is 0 Å². The maximum atomic E-state index is 14.0. The summed E-state index contributed by atoms with van der Waals surface area (Å²) < 4.78 is 28.1. The number of amides is 2. The molecule has 0 atom stereocenters. The van der Waals surface area contributed by atoms with Crippen molar-refractivity contribution in [2.75, 3.05) is 37.6 Å². The van der Waals surface area contributed by atoms with Crippen molar-refractivity contribution >= 4 is 17.5 Å². The van der Waals surface area contributed by atoms with E-state index in [0.29, 0.717) is 26.2 Å². The number of piperazine rings is 1. The van der Waals surface area contributed by atoms with Crippen LogP contribution in [0.25, 0.3) is 0 Å². The normalized spacial score (nSPS) is 14.8. The first-order chi connectivity index (χ1) is 13.5. The van der Waals surface area contributed by atoms with Crippen LogP contribution in [0.4, 0.5) is 14.5 Å². The molecule has 1 fully saturated rings. The third kappa shape index (κ3) is 4.72. The third-order valence-corrected chi connectivity index (χ3v) is 4.85. The molecule has 3 rings (SSSR count). The van der Waals surface area contributed by atoms with Crippen LogP contribution >= 0.6 is 0 Å². The van der Waals surface area contributed by atoms with Crippen molar-refractivity contribution in [1.82, 2.24) is 9.80 Å². The highest BCUT2D eigenvalue weighted by Gasteiger charge is 2.27. The largest absolute Gasteiger partial charge is 0.339 e. The summed E-state index contributed by atoms with van der Waals surface area (Å²) in [6, 6.07) is 13.4. The fourth-order valence-electron chi connectivity index (χ4n) is 3.33. The summed E-state index contributed by atoms with van der Waals surface area (Å²) in [5.41, 5.74) is 0.728. The molecule has 0 spiro atoms. The molecule has 2 amide bonds. The van der Waals surface area contributed by atoms with E-state index in [0.717, 1.165) is 23.6 Å². The Morgan fingerprint density at radius 1 is 0.929 bits per heavy atom. The van der Waals surface area contributed by atoms with Crippen molar-refractivity contribution in [3.8, 4) is 0 Å². The molecule has 2 aromatic rings. The van der Waals surface area contributed by atoms with Gasteiger partial charge in [-0.25, -0.2) is 8.78 Å². The molecule has 28 heavy (non-hydrogen) atoms. The summed E-state index contributed by atoms with van der Waals surface area (Å²) in [5, 5.41) is 0. The standard InChI is InChI=1S/C21H23F2N3O2/c1-16(27)26(21-18(22)8-5-9-19(21)23)15-20(28)25-12-10-24(11-13-25)14-17-6-3-2-4-7-17/h2-9H,10-15H2,1H3. The van der Waals surface area contributed by atoms with Gasteiger partial charge in [0.2, 0.25) is 11.8 Å². The Kier molecular flexibility index (Phi) is 6.36. The van der Waals surface area contributed by atoms with Gasteiger partial charge < -0.3 is 4.90 Å². The fraction of sp³-hybridized carbons (Fsp3) is 0.333. The van der Waals surface area contributed by atoms with Gasteiger partial charge in [-0.2, -0.15) is 0 Å². The molecule has 148 valence electrons. The number of nitrogens with zero attached hydrogens (tertiary/aromatic N) is 3. The minimum atomic E-state index is -0.865. The van der Waals surface area contributed by atoms with Gasteiger partial charge in [-0.05, 0) is 17.7 Å². The first-order valence-corrected chi connectivity index (χ1v) is 9.22. The maximum Gasteiger partial charge on any atom is 0.242 e. The molecular weight excluding hydrogens is 364 g/mol. The van der Waals surface area contributed by atoms with Gasteiger partial charge in [0.05, 0.1) is 0 Å². The number of carbonyl (C=O) groups is 2. The molecular formula is C21H23F2N3O2. The van der Waals surface area contributed by atoms with Crippen molar-refractivity contribution in [2.24, 2.45) is 0 Å². The molecule has 1 saturated heterocycles. The number of hydrogen-bond donors (Lipinski definition) is 0. The lowest BCUT2D eigenvalue weighted by atomic mass is 10.2. The Morgan fingerprint density at radius 2 is 1.54 bits per heavy atom. The minimum Gasteiger partial charge on any atom is -0.339 e. The average molecular weight is 387 g/mol. The Balaban J connectivity index is 1.60. The number of rotatable bonds is 5. The molecule has 1 aliphatic rings. The van der Waals surface area contributed by atoms with Crippen molar-refractivity contribution in [2.45, 2.75) is 13.5 Å². The van der Waals surface area contributed by atoms with Gasteiger partial charge >= 0.3 is 0 Å². The van der Waals surface area contributed by atoms with Crippen molar-refractivity contribution in [3.05, 3.63) is 65.7 Å². The SMILES string of the molecule is CC(=O)N(CC(=O)N1CCN(Cc2ccccc2)CC1)c1c(F)cccc1F. The third-order valence-electron chi connectivity index (χ3n) is 4.85. The van der Waals surface area contributed by atoms with Crippen LogP contribution in [0.15, 0.2) is 48.5 Å². The molecule has 0 radical (unpaired) electrons. The number of anilines is 1. The fourth-order valence-corrected chi connectivity index (χ4v) is 3.33. The second-order valence-electron chi connectivity index (χ2n) is 6.82. The van der Waals surface area contributed by atoms with Crippen LogP contribution in [-0.4, -0.2) is 54.3 Å². The smallest absolute Gasteiger partial charge is 0.242 e. The molecule has 0 bridgehead atoms. The average Bonchev–Trinajstić information content (AvgIpc) is 2.68. The zero-order chi connectivity index (χ0) is 20.1. The quantitative estimate of drug-likeness (QED) is 0.792. The van der Waals surface area contributed by atoms with E-state index in [9.17, 15) is 18.4 Å². The lowest BCUT2D eigenvalue weighted by Gasteiger charge is -2.35. The van der Waals surface area contributed by atoms with E-state index in [2.05, 4.69) is 17.0 Å². The second kappa shape index (κ2) is 8.93. The van der Waals surface area contributed by atoms with Crippen LogP contribution in [-0.2, 0) is 16.1 Å². The molecule has 0 aliphatic carbocycles. The van der Waals surface area contributed by atoms with E-state index in [1.807, 2.05) is 18.2 Å². The van der Waals surface area contributed by atoms with Crippen molar-refractivity contribution in [3.63, 3.8) is 0 Å². The van der Waals surface area contributed by atoms with E-state index in [-0.39, 0.29) is 12.5 Å². The highest BCUT2D eigenvalue weighted by molar-refractivity contribution is 5.97. The molecule has 1 heterocycles. The molecule has 7 heteroatoms. The zero-order valence-electron chi connectivity index (χ0n) is 15.8. The molecule has 0 unspecified atom stereocenters. The molecule has 0 saturated carbocycles. The maximum absolute atomic E-state index is 14.0. The monoisotopic (exact) mass is 387 g/mol. The van der Waals surface area contributed by atoms with Crippen LogP contribution in [0.1, 0.15) is 12.5 Å². The molecule has 1 aliphatic heterocycles. The molecule has 0 aromatic heterocycles. The van der Waals surface area contributed by atoms with Crippen molar-refractivity contribution < 1.29 is 18.4 Å². The molecule has 0 N–H and O–H groups in total. The van der Waals surface area contributed by atoms with Gasteiger partial charge in [-0.1, -0.05) is 36.4 Å². The van der Waals surface area contributed by atoms with Crippen molar-refractivity contribution in [1.29, 1.82) is 0 Å². The van der Waals surface area contributed by atoms with Gasteiger partial charge in [0.1, 0.15) is 23.9 Å². The predicted molar refractivity (Wildman–Crippen MR) is 103 cm³/mol. The summed E-state index contributed by atoms with van der Waals surface area (Å²) >= 11 is 0. The number of hydrogen-bond acceptors (Lipinski definition) is 3. The topological polar surface area (TPSA) is 43.9 Å². The molecule has 5 nitrogen and oxygen atoms in total. The lowest BCUT2D eigenvalue weighted by molar-refractivity contribution is -0.132. The number of benzene rings is 2. The number of halogens is 2. The Labute approximate surface area is 163 Å². The lowest BCUT2D eigenvalue weighted by Crippen LogP contribution is -2.51. The van der Waals surface area contributed by atoms with Gasteiger partial charge in [0.15, 0.2) is 0 Å². The Bertz CT molecular complexity index is 817. The van der Waals surface area contributed by atoms with E-state index >= 15 is 0 Å². The van der Waals surface area contributed by atoms with Gasteiger partial charge in [0.25, 0.3) is 0 Å². The summed E-state index contributed by atoms with van der Waals surface area (Å²) in [4.78, 5) is 29.3. The Hall–Kier alpha value is -2.80.